The van der Waals surface area contributed by atoms with Crippen LogP contribution in [0.4, 0.5) is 0 Å². The van der Waals surface area contributed by atoms with E-state index in [1.54, 1.807) is 7.11 Å². The Labute approximate surface area is 188 Å². The van der Waals surface area contributed by atoms with Crippen LogP contribution < -0.4 is 4.74 Å². The predicted octanol–water partition coefficient (Wildman–Crippen LogP) is 5.29. The zero-order chi connectivity index (χ0) is 21.8. The molecule has 2 aromatic carbocycles. The highest BCUT2D eigenvalue weighted by Crippen LogP contribution is 2.46. The number of aliphatic hydroxyl groups excluding tert-OH is 1. The van der Waals surface area contributed by atoms with Crippen molar-refractivity contribution in [3.8, 4) is 5.75 Å². The summed E-state index contributed by atoms with van der Waals surface area (Å²) < 4.78 is 19.5. The van der Waals surface area contributed by atoms with Crippen LogP contribution in [0.15, 0.2) is 42.5 Å². The summed E-state index contributed by atoms with van der Waals surface area (Å²) in [6.45, 7) is 4.19. The van der Waals surface area contributed by atoms with E-state index in [2.05, 4.69) is 16.7 Å². The Balaban J connectivity index is 1.69. The third kappa shape index (κ3) is 4.46. The number of ether oxygens (including phenoxy) is 3. The number of nitrogens with zero attached hydrogens (tertiary/aromatic N) is 1. The number of halogens is 1. The first-order valence-electron chi connectivity index (χ1n) is 10.9. The summed E-state index contributed by atoms with van der Waals surface area (Å²) in [6.07, 6.45) is 1.94. The molecule has 1 heterocycles. The van der Waals surface area contributed by atoms with Gasteiger partial charge in [-0.25, -0.2) is 0 Å². The third-order valence-electron chi connectivity index (χ3n) is 6.04. The van der Waals surface area contributed by atoms with Gasteiger partial charge >= 0.3 is 0 Å². The SMILES string of the molecule is CCOC(O)C1CCCc2c1c1c(OC)ccc(Cl)c1n2CCOCc1ccccc1. The van der Waals surface area contributed by atoms with Crippen LogP contribution >= 0.6 is 11.6 Å². The smallest absolute Gasteiger partial charge is 0.161 e. The van der Waals surface area contributed by atoms with Gasteiger partial charge < -0.3 is 23.9 Å². The molecule has 0 saturated carbocycles. The minimum absolute atomic E-state index is 0.106. The fourth-order valence-corrected chi connectivity index (χ4v) is 4.97. The van der Waals surface area contributed by atoms with Gasteiger partial charge in [0.25, 0.3) is 0 Å². The molecule has 0 saturated heterocycles. The molecule has 0 radical (unpaired) electrons. The molecular formula is C25H30ClNO4. The van der Waals surface area contributed by atoms with Gasteiger partial charge in [-0.05, 0) is 49.4 Å². The minimum Gasteiger partial charge on any atom is -0.496 e. The van der Waals surface area contributed by atoms with Gasteiger partial charge in [0.05, 0.1) is 30.9 Å². The van der Waals surface area contributed by atoms with Gasteiger partial charge in [-0.15, -0.1) is 0 Å². The molecule has 6 heteroatoms. The van der Waals surface area contributed by atoms with Crippen molar-refractivity contribution < 1.29 is 19.3 Å². The average molecular weight is 444 g/mol. The maximum Gasteiger partial charge on any atom is 0.161 e. The largest absolute Gasteiger partial charge is 0.496 e. The topological polar surface area (TPSA) is 52.8 Å². The molecule has 0 fully saturated rings. The molecule has 1 aromatic heterocycles. The summed E-state index contributed by atoms with van der Waals surface area (Å²) in [5, 5.41) is 12.4. The highest BCUT2D eigenvalue weighted by Gasteiger charge is 2.34. The van der Waals surface area contributed by atoms with Gasteiger partial charge in [0.15, 0.2) is 6.29 Å². The summed E-state index contributed by atoms with van der Waals surface area (Å²) in [6, 6.07) is 13.9. The first-order chi connectivity index (χ1) is 15.2. The summed E-state index contributed by atoms with van der Waals surface area (Å²) in [5.74, 6) is 0.667. The Morgan fingerprint density at radius 3 is 2.74 bits per heavy atom. The maximum absolute atomic E-state index is 10.7. The zero-order valence-electron chi connectivity index (χ0n) is 18.1. The summed E-state index contributed by atoms with van der Waals surface area (Å²) in [4.78, 5) is 0. The van der Waals surface area contributed by atoms with Crippen LogP contribution in [-0.4, -0.2) is 36.3 Å². The standard InChI is InChI=1S/C25H30ClNO4/c1-3-31-25(28)18-10-7-11-20-22(18)23-21(29-2)13-12-19(26)24(23)27(20)14-15-30-16-17-8-5-4-6-9-17/h4-6,8-9,12-13,18,25,28H,3,7,10-11,14-16H2,1-2H3. The number of methoxy groups -OCH3 is 1. The van der Waals surface area contributed by atoms with Crippen molar-refractivity contribution in [3.63, 3.8) is 0 Å². The molecule has 5 nitrogen and oxygen atoms in total. The summed E-state index contributed by atoms with van der Waals surface area (Å²) in [7, 11) is 1.67. The fourth-order valence-electron chi connectivity index (χ4n) is 4.71. The van der Waals surface area contributed by atoms with Crippen LogP contribution in [0, 0.1) is 0 Å². The van der Waals surface area contributed by atoms with Gasteiger partial charge in [-0.3, -0.25) is 0 Å². The molecule has 1 aliphatic carbocycles. The molecule has 0 amide bonds. The van der Waals surface area contributed by atoms with E-state index in [9.17, 15) is 5.11 Å². The van der Waals surface area contributed by atoms with E-state index in [-0.39, 0.29) is 5.92 Å². The molecule has 1 N–H and O–H groups in total. The van der Waals surface area contributed by atoms with Crippen molar-refractivity contribution in [3.05, 3.63) is 64.3 Å². The van der Waals surface area contributed by atoms with Crippen molar-refractivity contribution in [2.24, 2.45) is 0 Å². The second kappa shape index (κ2) is 10.0. The van der Waals surface area contributed by atoms with Crippen molar-refractivity contribution in [1.82, 2.24) is 4.57 Å². The minimum atomic E-state index is -0.846. The van der Waals surface area contributed by atoms with Crippen molar-refractivity contribution in [2.75, 3.05) is 20.3 Å². The monoisotopic (exact) mass is 443 g/mol. The number of fused-ring (bicyclic) bond motifs is 3. The van der Waals surface area contributed by atoms with Crippen LogP contribution in [0.2, 0.25) is 5.02 Å². The van der Waals surface area contributed by atoms with Crippen molar-refractivity contribution in [1.29, 1.82) is 0 Å². The van der Waals surface area contributed by atoms with Crippen molar-refractivity contribution >= 4 is 22.5 Å². The second-order valence-corrected chi connectivity index (χ2v) is 8.28. The molecule has 2 unspecified atom stereocenters. The lowest BCUT2D eigenvalue weighted by Crippen LogP contribution is -2.26. The number of benzene rings is 2. The average Bonchev–Trinajstić information content (AvgIpc) is 3.13. The van der Waals surface area contributed by atoms with Crippen LogP contribution in [-0.2, 0) is 29.0 Å². The molecule has 4 rings (SSSR count). The zero-order valence-corrected chi connectivity index (χ0v) is 18.9. The third-order valence-corrected chi connectivity index (χ3v) is 6.34. The Morgan fingerprint density at radius 2 is 2.00 bits per heavy atom. The molecule has 2 atom stereocenters. The Hall–Kier alpha value is -2.05. The Morgan fingerprint density at radius 1 is 1.19 bits per heavy atom. The van der Waals surface area contributed by atoms with Gasteiger partial charge in [0.1, 0.15) is 5.75 Å². The maximum atomic E-state index is 10.7. The van der Waals surface area contributed by atoms with Crippen LogP contribution in [0.5, 0.6) is 5.75 Å². The molecular weight excluding hydrogens is 414 g/mol. The molecule has 166 valence electrons. The lowest BCUT2D eigenvalue weighted by Gasteiger charge is -2.28. The van der Waals surface area contributed by atoms with Gasteiger partial charge in [-0.2, -0.15) is 0 Å². The first-order valence-corrected chi connectivity index (χ1v) is 11.3. The molecule has 3 aromatic rings. The number of hydrogen-bond donors (Lipinski definition) is 1. The molecule has 0 aliphatic heterocycles. The van der Waals surface area contributed by atoms with E-state index in [4.69, 9.17) is 25.8 Å². The van der Waals surface area contributed by atoms with E-state index in [0.29, 0.717) is 31.4 Å². The molecule has 0 bridgehead atoms. The number of hydrogen-bond acceptors (Lipinski definition) is 4. The number of rotatable bonds is 9. The molecule has 0 spiro atoms. The van der Waals surface area contributed by atoms with Crippen LogP contribution in [0.3, 0.4) is 0 Å². The Kier molecular flexibility index (Phi) is 7.18. The predicted molar refractivity (Wildman–Crippen MR) is 123 cm³/mol. The lowest BCUT2D eigenvalue weighted by atomic mass is 9.84. The summed E-state index contributed by atoms with van der Waals surface area (Å²) in [5.41, 5.74) is 4.40. The lowest BCUT2D eigenvalue weighted by molar-refractivity contribution is -0.113. The highest BCUT2D eigenvalue weighted by molar-refractivity contribution is 6.35. The second-order valence-electron chi connectivity index (χ2n) is 7.87. The van der Waals surface area contributed by atoms with Crippen LogP contribution in [0.1, 0.15) is 42.5 Å². The van der Waals surface area contributed by atoms with Gasteiger partial charge in [0, 0.05) is 30.1 Å². The Bertz CT molecular complexity index is 1020. The quantitative estimate of drug-likeness (QED) is 0.360. The van der Waals surface area contributed by atoms with E-state index in [1.165, 1.54) is 5.69 Å². The normalized spacial score (nSPS) is 17.0. The number of aliphatic hydroxyl groups is 1. The molecule has 31 heavy (non-hydrogen) atoms. The number of aromatic nitrogens is 1. The first kappa shape index (κ1) is 22.2. The van der Waals surface area contributed by atoms with E-state index >= 15 is 0 Å². The van der Waals surface area contributed by atoms with Gasteiger partial charge in [0.2, 0.25) is 0 Å². The fraction of sp³-hybridized carbons (Fsp3) is 0.440. The van der Waals surface area contributed by atoms with Crippen LogP contribution in [0.25, 0.3) is 10.9 Å². The van der Waals surface area contributed by atoms with Crippen molar-refractivity contribution in [2.45, 2.75) is 51.5 Å². The van der Waals surface area contributed by atoms with E-state index < -0.39 is 6.29 Å². The van der Waals surface area contributed by atoms with Gasteiger partial charge in [-0.1, -0.05) is 41.9 Å². The summed E-state index contributed by atoms with van der Waals surface area (Å²) >= 11 is 6.70. The van der Waals surface area contributed by atoms with E-state index in [0.717, 1.165) is 47.0 Å². The highest BCUT2D eigenvalue weighted by atomic mass is 35.5. The van der Waals surface area contributed by atoms with E-state index in [1.807, 2.05) is 37.3 Å². The molecule has 1 aliphatic rings.